The third kappa shape index (κ3) is 4.89. The first-order valence-electron chi connectivity index (χ1n) is 12.2. The average Bonchev–Trinajstić information content (AvgIpc) is 3.41. The number of carboxylic acid groups (broad SMARTS) is 1. The first kappa shape index (κ1) is 23.4. The number of ether oxygens (including phenoxy) is 2. The van der Waals surface area contributed by atoms with E-state index >= 15 is 0 Å². The van der Waals surface area contributed by atoms with Gasteiger partial charge in [-0.15, -0.1) is 0 Å². The van der Waals surface area contributed by atoms with Crippen molar-refractivity contribution in [3.63, 3.8) is 0 Å². The van der Waals surface area contributed by atoms with Crippen molar-refractivity contribution in [2.75, 3.05) is 32.9 Å². The molecule has 0 spiro atoms. The van der Waals surface area contributed by atoms with Gasteiger partial charge in [-0.2, -0.15) is 0 Å². The molecule has 2 aromatic carbocycles. The van der Waals surface area contributed by atoms with Gasteiger partial charge in [-0.1, -0.05) is 48.5 Å². The summed E-state index contributed by atoms with van der Waals surface area (Å²) < 4.78 is 11.1. The second kappa shape index (κ2) is 10.1. The molecule has 0 radical (unpaired) electrons. The van der Waals surface area contributed by atoms with Crippen LogP contribution in [0.2, 0.25) is 0 Å². The van der Waals surface area contributed by atoms with Gasteiger partial charge in [0, 0.05) is 25.4 Å². The molecule has 35 heavy (non-hydrogen) atoms. The van der Waals surface area contributed by atoms with Crippen LogP contribution in [-0.2, 0) is 19.1 Å². The molecule has 2 unspecified atom stereocenters. The number of benzene rings is 2. The number of hydrogen-bond acceptors (Lipinski definition) is 5. The zero-order valence-electron chi connectivity index (χ0n) is 19.5. The molecule has 2 amide bonds. The van der Waals surface area contributed by atoms with Crippen molar-refractivity contribution in [2.24, 2.45) is 11.8 Å². The molecule has 2 heterocycles. The number of rotatable bonds is 8. The number of nitrogens with zero attached hydrogens (tertiary/aromatic N) is 1. The Hall–Kier alpha value is -3.39. The number of nitrogens with one attached hydrogen (secondary N) is 1. The molecule has 1 aliphatic carbocycles. The Balaban J connectivity index is 1.12. The van der Waals surface area contributed by atoms with Gasteiger partial charge in [0.25, 0.3) is 0 Å². The summed E-state index contributed by atoms with van der Waals surface area (Å²) in [6.45, 7) is 2.03. The van der Waals surface area contributed by atoms with Crippen molar-refractivity contribution < 1.29 is 29.0 Å². The van der Waals surface area contributed by atoms with Crippen LogP contribution in [0.3, 0.4) is 0 Å². The van der Waals surface area contributed by atoms with Crippen LogP contribution >= 0.6 is 0 Å². The molecule has 2 aliphatic heterocycles. The molecule has 0 saturated carbocycles. The molecular weight excluding hydrogens is 448 g/mol. The minimum absolute atomic E-state index is 0.0236. The maximum atomic E-state index is 12.9. The van der Waals surface area contributed by atoms with E-state index in [9.17, 15) is 14.4 Å². The van der Waals surface area contributed by atoms with Crippen LogP contribution in [0.1, 0.15) is 36.3 Å². The Morgan fingerprint density at radius 1 is 1.00 bits per heavy atom. The highest BCUT2D eigenvalue weighted by Gasteiger charge is 2.41. The van der Waals surface area contributed by atoms with E-state index in [1.807, 2.05) is 24.3 Å². The lowest BCUT2D eigenvalue weighted by Crippen LogP contribution is -2.55. The topological polar surface area (TPSA) is 105 Å². The maximum absolute atomic E-state index is 12.9. The molecule has 5 rings (SSSR count). The molecule has 2 fully saturated rings. The minimum atomic E-state index is -0.789. The van der Waals surface area contributed by atoms with Crippen LogP contribution < -0.4 is 5.32 Å². The fourth-order valence-electron chi connectivity index (χ4n) is 5.44. The fraction of sp³-hybridized carbons (Fsp3) is 0.444. The number of amides is 2. The lowest BCUT2D eigenvalue weighted by Gasteiger charge is -2.41. The fourth-order valence-corrected chi connectivity index (χ4v) is 5.44. The molecule has 2 aromatic rings. The van der Waals surface area contributed by atoms with Crippen LogP contribution in [-0.4, -0.2) is 66.9 Å². The Morgan fingerprint density at radius 3 is 2.31 bits per heavy atom. The molecule has 8 nitrogen and oxygen atoms in total. The van der Waals surface area contributed by atoms with E-state index in [4.69, 9.17) is 14.6 Å². The number of hydrogen-bond donors (Lipinski definition) is 2. The lowest BCUT2D eigenvalue weighted by molar-refractivity contribution is -0.143. The highest BCUT2D eigenvalue weighted by Crippen LogP contribution is 2.44. The quantitative estimate of drug-likeness (QED) is 0.604. The van der Waals surface area contributed by atoms with E-state index in [1.54, 1.807) is 4.90 Å². The summed E-state index contributed by atoms with van der Waals surface area (Å²) in [4.78, 5) is 38.1. The van der Waals surface area contributed by atoms with Gasteiger partial charge < -0.3 is 24.8 Å². The first-order chi connectivity index (χ1) is 17.0. The van der Waals surface area contributed by atoms with Crippen molar-refractivity contribution in [1.82, 2.24) is 10.2 Å². The Kier molecular flexibility index (Phi) is 6.72. The van der Waals surface area contributed by atoms with Crippen molar-refractivity contribution in [3.05, 3.63) is 59.7 Å². The molecule has 2 N–H and O–H groups in total. The molecule has 3 aliphatic rings. The van der Waals surface area contributed by atoms with Gasteiger partial charge in [0.15, 0.2) is 0 Å². The highest BCUT2D eigenvalue weighted by atomic mass is 16.5. The molecule has 2 atom stereocenters. The van der Waals surface area contributed by atoms with Crippen molar-refractivity contribution in [1.29, 1.82) is 0 Å². The monoisotopic (exact) mass is 478 g/mol. The highest BCUT2D eigenvalue weighted by molar-refractivity contribution is 5.82. The molecule has 2 saturated heterocycles. The van der Waals surface area contributed by atoms with E-state index in [0.717, 1.165) is 17.5 Å². The maximum Gasteiger partial charge on any atom is 0.407 e. The zero-order chi connectivity index (χ0) is 24.4. The van der Waals surface area contributed by atoms with Gasteiger partial charge in [0.05, 0.1) is 25.2 Å². The standard InChI is InChI=1S/C27H30N2O6/c30-25(31)11-5-6-17-12-29(13-17)26(32)23-14-34-16-24(23)28-27(33)35-15-22-20-9-3-1-7-18(20)19-8-2-4-10-21(19)22/h1-4,7-10,17,22-24H,5-6,11-16H2,(H,28,33)(H,30,31). The normalized spacial score (nSPS) is 21.2. The summed E-state index contributed by atoms with van der Waals surface area (Å²) >= 11 is 0. The summed E-state index contributed by atoms with van der Waals surface area (Å²) in [5.74, 6) is -0.933. The van der Waals surface area contributed by atoms with E-state index in [2.05, 4.69) is 29.6 Å². The average molecular weight is 479 g/mol. The number of likely N-dealkylation sites (tertiary alicyclic amines) is 1. The SMILES string of the molecule is O=C(O)CCCC1CN(C(=O)C2COCC2NC(=O)OCC2c3ccccc3-c3ccccc32)C1. The van der Waals surface area contributed by atoms with Crippen molar-refractivity contribution >= 4 is 18.0 Å². The van der Waals surface area contributed by atoms with Crippen LogP contribution in [0.5, 0.6) is 0 Å². The smallest absolute Gasteiger partial charge is 0.407 e. The van der Waals surface area contributed by atoms with Crippen molar-refractivity contribution in [2.45, 2.75) is 31.2 Å². The zero-order valence-corrected chi connectivity index (χ0v) is 19.5. The number of carbonyl (C=O) groups excluding carboxylic acids is 2. The minimum Gasteiger partial charge on any atom is -0.481 e. The van der Waals surface area contributed by atoms with E-state index in [-0.39, 0.29) is 38.1 Å². The van der Waals surface area contributed by atoms with Crippen LogP contribution in [0, 0.1) is 11.8 Å². The van der Waals surface area contributed by atoms with Gasteiger partial charge in [-0.25, -0.2) is 4.79 Å². The summed E-state index contributed by atoms with van der Waals surface area (Å²) in [6, 6.07) is 15.9. The summed E-state index contributed by atoms with van der Waals surface area (Å²) in [5, 5.41) is 11.6. The van der Waals surface area contributed by atoms with Crippen LogP contribution in [0.25, 0.3) is 11.1 Å². The van der Waals surface area contributed by atoms with Crippen LogP contribution in [0.15, 0.2) is 48.5 Å². The van der Waals surface area contributed by atoms with Gasteiger partial charge in [0.1, 0.15) is 6.61 Å². The molecule has 0 bridgehead atoms. The van der Waals surface area contributed by atoms with Gasteiger partial charge >= 0.3 is 12.1 Å². The molecule has 184 valence electrons. The predicted molar refractivity (Wildman–Crippen MR) is 128 cm³/mol. The Bertz CT molecular complexity index is 1070. The first-order valence-corrected chi connectivity index (χ1v) is 12.2. The largest absolute Gasteiger partial charge is 0.481 e. The van der Waals surface area contributed by atoms with Crippen LogP contribution in [0.4, 0.5) is 4.79 Å². The second-order valence-corrected chi connectivity index (χ2v) is 9.62. The molecule has 0 aromatic heterocycles. The van der Waals surface area contributed by atoms with E-state index < -0.39 is 24.0 Å². The number of alkyl carbamates (subject to hydrolysis) is 1. The van der Waals surface area contributed by atoms with E-state index in [1.165, 1.54) is 11.1 Å². The third-order valence-electron chi connectivity index (χ3n) is 7.32. The summed E-state index contributed by atoms with van der Waals surface area (Å²) in [7, 11) is 0. The number of aliphatic carboxylic acids is 1. The van der Waals surface area contributed by atoms with Gasteiger partial charge in [-0.3, -0.25) is 9.59 Å². The molecule has 8 heteroatoms. The van der Waals surface area contributed by atoms with Gasteiger partial charge in [0.2, 0.25) is 5.91 Å². The number of carbonyl (C=O) groups is 3. The lowest BCUT2D eigenvalue weighted by atomic mass is 9.91. The third-order valence-corrected chi connectivity index (χ3v) is 7.32. The van der Waals surface area contributed by atoms with Gasteiger partial charge in [-0.05, 0) is 41.0 Å². The number of carboxylic acids is 1. The summed E-state index contributed by atoms with van der Waals surface area (Å²) in [6.07, 6.45) is 1.04. The predicted octanol–water partition coefficient (Wildman–Crippen LogP) is 3.25. The van der Waals surface area contributed by atoms with Crippen molar-refractivity contribution in [3.8, 4) is 11.1 Å². The van der Waals surface area contributed by atoms with E-state index in [0.29, 0.717) is 25.4 Å². The summed E-state index contributed by atoms with van der Waals surface area (Å²) in [5.41, 5.74) is 4.63. The Labute approximate surface area is 204 Å². The number of fused-ring (bicyclic) bond motifs is 3. The molecular formula is C27H30N2O6. The second-order valence-electron chi connectivity index (χ2n) is 9.62. The Morgan fingerprint density at radius 2 is 1.66 bits per heavy atom.